The van der Waals surface area contributed by atoms with Gasteiger partial charge < -0.3 is 8.98 Å². The standard InChI is InChI=1S/C45H36B8N4O/c46-33-31-32-34(47)36(49)38(51)40(53)42(32)57(41(31)39(52)37(50)35(33)48)26-16-18-29-28(20-26)27-17-15-25(19-30(27)58-29)45-55-43(23-9-5-2-6-10-23)54-44(56-45)24-13-11-22(12-14-24)21-7-3-1-4-8-21/h1-20H,46-53H2. The number of hydrogen-bond acceptors (Lipinski definition) is 4. The average molecular weight is 735 g/mol. The summed E-state index contributed by atoms with van der Waals surface area (Å²) < 4.78 is 9.14. The van der Waals surface area contributed by atoms with Gasteiger partial charge in [0.05, 0.1) is 0 Å². The summed E-state index contributed by atoms with van der Waals surface area (Å²) in [4.78, 5) is 15.1. The molecule has 10 aromatic rings. The van der Waals surface area contributed by atoms with E-state index in [1.54, 1.807) is 0 Å². The van der Waals surface area contributed by atoms with Crippen LogP contribution in [-0.2, 0) is 0 Å². The molecule has 3 heterocycles. The molecule has 0 saturated carbocycles. The molecular formula is C45H36B8N4O. The van der Waals surface area contributed by atoms with E-state index in [-0.39, 0.29) is 0 Å². The molecule has 3 aromatic heterocycles. The Balaban J connectivity index is 1.13. The van der Waals surface area contributed by atoms with Crippen molar-refractivity contribution in [3.05, 3.63) is 121 Å². The summed E-state index contributed by atoms with van der Waals surface area (Å²) >= 11 is 0. The van der Waals surface area contributed by atoms with Crippen LogP contribution in [0.3, 0.4) is 0 Å². The normalized spacial score (nSPS) is 11.7. The second kappa shape index (κ2) is 13.7. The Kier molecular flexibility index (Phi) is 8.49. The molecular weight excluding hydrogens is 699 g/mol. The van der Waals surface area contributed by atoms with Crippen molar-refractivity contribution in [3.8, 4) is 51.0 Å². The fourth-order valence-corrected chi connectivity index (χ4v) is 8.96. The molecule has 0 saturated heterocycles. The number of aromatic nitrogens is 4. The molecule has 13 heteroatoms. The summed E-state index contributed by atoms with van der Waals surface area (Å²) in [5.74, 6) is 1.84. The van der Waals surface area contributed by atoms with Crippen LogP contribution in [0.4, 0.5) is 0 Å². The summed E-state index contributed by atoms with van der Waals surface area (Å²) in [5, 5.41) is 4.85. The first-order valence-electron chi connectivity index (χ1n) is 20.0. The molecule has 0 N–H and O–H groups in total. The first-order chi connectivity index (χ1) is 28.1. The lowest BCUT2D eigenvalue weighted by Gasteiger charge is -2.17. The molecule has 0 fully saturated rings. The summed E-state index contributed by atoms with van der Waals surface area (Å²) in [7, 11) is 18.2. The third-order valence-corrected chi connectivity index (χ3v) is 12.9. The predicted molar refractivity (Wildman–Crippen MR) is 269 cm³/mol. The Morgan fingerprint density at radius 2 is 0.810 bits per heavy atom. The fourth-order valence-electron chi connectivity index (χ4n) is 8.96. The molecule has 0 amide bonds. The quantitative estimate of drug-likeness (QED) is 0.186. The second-order valence-electron chi connectivity index (χ2n) is 15.9. The minimum absolute atomic E-state index is 0.595. The summed E-state index contributed by atoms with van der Waals surface area (Å²) in [6.45, 7) is 0. The van der Waals surface area contributed by atoms with Crippen molar-refractivity contribution >= 4 is 150 Å². The average Bonchev–Trinajstić information content (AvgIpc) is 3.83. The second-order valence-corrected chi connectivity index (χ2v) is 15.9. The Morgan fingerprint density at radius 1 is 0.362 bits per heavy atom. The summed E-state index contributed by atoms with van der Waals surface area (Å²) in [5.41, 5.74) is 21.2. The molecule has 0 bridgehead atoms. The number of rotatable bonds is 5. The van der Waals surface area contributed by atoms with Gasteiger partial charge in [-0.3, -0.25) is 0 Å². The van der Waals surface area contributed by atoms with E-state index in [2.05, 4.69) is 152 Å². The highest BCUT2D eigenvalue weighted by molar-refractivity contribution is 6.71. The van der Waals surface area contributed by atoms with Crippen LogP contribution < -0.4 is 43.7 Å². The lowest BCUT2D eigenvalue weighted by molar-refractivity contribution is 0.669. The van der Waals surface area contributed by atoms with Crippen LogP contribution in [0.15, 0.2) is 126 Å². The highest BCUT2D eigenvalue weighted by atomic mass is 16.3. The van der Waals surface area contributed by atoms with Crippen molar-refractivity contribution < 1.29 is 4.42 Å². The van der Waals surface area contributed by atoms with Gasteiger partial charge in [-0.05, 0) is 52.2 Å². The molecule has 5 nitrogen and oxygen atoms in total. The smallest absolute Gasteiger partial charge is 0.164 e. The molecule has 0 aliphatic heterocycles. The zero-order chi connectivity index (χ0) is 40.0. The van der Waals surface area contributed by atoms with E-state index in [9.17, 15) is 0 Å². The van der Waals surface area contributed by atoms with E-state index in [0.29, 0.717) is 17.5 Å². The van der Waals surface area contributed by atoms with Crippen LogP contribution in [0.2, 0.25) is 0 Å². The van der Waals surface area contributed by atoms with Crippen LogP contribution in [-0.4, -0.2) is 82.3 Å². The van der Waals surface area contributed by atoms with Gasteiger partial charge in [-0.1, -0.05) is 124 Å². The highest BCUT2D eigenvalue weighted by Crippen LogP contribution is 2.36. The number of hydrogen-bond donors (Lipinski definition) is 0. The summed E-state index contributed by atoms with van der Waals surface area (Å²) in [6.07, 6.45) is 0. The van der Waals surface area contributed by atoms with Crippen LogP contribution in [0.5, 0.6) is 0 Å². The SMILES string of the molecule is Bc1c(B)c(B)c2c(c1B)c1c(B)c(B)c(B)c(B)c1n2-c1ccc2oc3cc(-c4nc(-c5ccccc5)nc(-c5ccc(-c6ccccc6)cc5)n4)ccc3c2c1. The van der Waals surface area contributed by atoms with Gasteiger partial charge in [0.1, 0.15) is 73.9 Å². The molecule has 10 rings (SSSR count). The lowest BCUT2D eigenvalue weighted by Crippen LogP contribution is -2.49. The minimum Gasteiger partial charge on any atom is -0.456 e. The molecule has 266 valence electrons. The van der Waals surface area contributed by atoms with Crippen LogP contribution >= 0.6 is 0 Å². The maximum absolute atomic E-state index is 6.62. The number of nitrogens with zero attached hydrogens (tertiary/aromatic N) is 4. The van der Waals surface area contributed by atoms with Crippen LogP contribution in [0.1, 0.15) is 0 Å². The molecule has 0 unspecified atom stereocenters. The van der Waals surface area contributed by atoms with Crippen molar-refractivity contribution in [1.82, 2.24) is 19.5 Å². The Morgan fingerprint density at radius 3 is 1.38 bits per heavy atom. The third kappa shape index (κ3) is 5.54. The molecule has 0 spiro atoms. The van der Waals surface area contributed by atoms with Gasteiger partial charge in [-0.2, -0.15) is 0 Å². The molecule has 58 heavy (non-hydrogen) atoms. The number of fused-ring (bicyclic) bond motifs is 6. The summed E-state index contributed by atoms with van der Waals surface area (Å²) in [6, 6.07) is 41.9. The van der Waals surface area contributed by atoms with Crippen molar-refractivity contribution in [1.29, 1.82) is 0 Å². The van der Waals surface area contributed by atoms with Crippen molar-refractivity contribution in [3.63, 3.8) is 0 Å². The van der Waals surface area contributed by atoms with Crippen LogP contribution in [0.25, 0.3) is 94.7 Å². The van der Waals surface area contributed by atoms with Gasteiger partial charge in [0.25, 0.3) is 0 Å². The number of benzene rings is 7. The monoisotopic (exact) mass is 736 g/mol. The first kappa shape index (κ1) is 36.0. The zero-order valence-corrected chi connectivity index (χ0v) is 34.2. The van der Waals surface area contributed by atoms with E-state index in [1.165, 1.54) is 71.1 Å². The van der Waals surface area contributed by atoms with E-state index in [0.717, 1.165) is 49.9 Å². The van der Waals surface area contributed by atoms with Crippen molar-refractivity contribution in [2.75, 3.05) is 0 Å². The molecule has 0 aliphatic rings. The van der Waals surface area contributed by atoms with E-state index in [1.807, 2.05) is 36.4 Å². The fraction of sp³-hybridized carbons (Fsp3) is 0. The molecule has 7 aromatic carbocycles. The molecule has 0 aliphatic carbocycles. The van der Waals surface area contributed by atoms with Crippen molar-refractivity contribution in [2.24, 2.45) is 0 Å². The van der Waals surface area contributed by atoms with Gasteiger partial charge >= 0.3 is 0 Å². The number of furan rings is 1. The largest absolute Gasteiger partial charge is 0.456 e. The third-order valence-electron chi connectivity index (χ3n) is 12.9. The Hall–Kier alpha value is -6.33. The van der Waals surface area contributed by atoms with Gasteiger partial charge in [0, 0.05) is 44.2 Å². The van der Waals surface area contributed by atoms with Crippen molar-refractivity contribution in [2.45, 2.75) is 0 Å². The van der Waals surface area contributed by atoms with Gasteiger partial charge in [0.15, 0.2) is 17.5 Å². The van der Waals surface area contributed by atoms with Gasteiger partial charge in [-0.25, -0.2) is 15.0 Å². The maximum atomic E-state index is 6.62. The van der Waals surface area contributed by atoms with Gasteiger partial charge in [-0.15, -0.1) is 10.9 Å². The predicted octanol–water partition coefficient (Wildman–Crippen LogP) is -2.40. The van der Waals surface area contributed by atoms with E-state index in [4.69, 9.17) is 19.4 Å². The molecule has 0 radical (unpaired) electrons. The Labute approximate surface area is 345 Å². The maximum Gasteiger partial charge on any atom is 0.164 e. The van der Waals surface area contributed by atoms with Crippen LogP contribution in [0, 0.1) is 0 Å². The van der Waals surface area contributed by atoms with E-state index < -0.39 is 0 Å². The highest BCUT2D eigenvalue weighted by Gasteiger charge is 2.24. The van der Waals surface area contributed by atoms with Gasteiger partial charge in [0.2, 0.25) is 0 Å². The first-order valence-corrected chi connectivity index (χ1v) is 20.0. The lowest BCUT2D eigenvalue weighted by atomic mass is 9.63. The molecule has 0 atom stereocenters. The topological polar surface area (TPSA) is 56.7 Å². The minimum atomic E-state index is 0.595. The van der Waals surface area contributed by atoms with E-state index >= 15 is 0 Å². The Bertz CT molecular complexity index is 3240. The zero-order valence-electron chi connectivity index (χ0n) is 34.2.